The number of anilines is 1. The second-order valence-corrected chi connectivity index (χ2v) is 7.63. The van der Waals surface area contributed by atoms with Gasteiger partial charge in [0.05, 0.1) is 25.5 Å². The van der Waals surface area contributed by atoms with E-state index in [0.717, 1.165) is 29.3 Å². The van der Waals surface area contributed by atoms with Crippen LogP contribution in [0.4, 0.5) is 5.13 Å². The highest BCUT2D eigenvalue weighted by Crippen LogP contribution is 2.28. The molecule has 0 unspecified atom stereocenters. The van der Waals surface area contributed by atoms with Crippen LogP contribution in [0.5, 0.6) is 5.75 Å². The van der Waals surface area contributed by atoms with Crippen molar-refractivity contribution in [2.75, 3.05) is 25.5 Å². The molecule has 0 saturated carbocycles. The Morgan fingerprint density at radius 1 is 1.24 bits per heavy atom. The van der Waals surface area contributed by atoms with Gasteiger partial charge < -0.3 is 4.74 Å². The van der Waals surface area contributed by atoms with Crippen molar-refractivity contribution in [3.8, 4) is 5.75 Å². The molecule has 0 fully saturated rings. The predicted octanol–water partition coefficient (Wildman–Crippen LogP) is 2.44. The molecule has 0 saturated heterocycles. The van der Waals surface area contributed by atoms with E-state index in [1.165, 1.54) is 29.9 Å². The summed E-state index contributed by atoms with van der Waals surface area (Å²) in [6.07, 6.45) is 5.14. The van der Waals surface area contributed by atoms with Crippen molar-refractivity contribution < 1.29 is 14.3 Å². The number of Topliss-reactive ketones (excluding diaryl/α,β-unsaturated/α-hetero) is 1. The molecule has 0 aliphatic carbocycles. The summed E-state index contributed by atoms with van der Waals surface area (Å²) < 4.78 is 5.13. The van der Waals surface area contributed by atoms with E-state index in [1.54, 1.807) is 31.4 Å². The van der Waals surface area contributed by atoms with E-state index in [-0.39, 0.29) is 17.4 Å². The number of aromatic nitrogens is 3. The maximum Gasteiger partial charge on any atom is 0.277 e. The van der Waals surface area contributed by atoms with Gasteiger partial charge in [0, 0.05) is 42.3 Å². The lowest BCUT2D eigenvalue weighted by molar-refractivity contribution is 0.0921. The number of hydrogen-bond donors (Lipinski definition) is 1. The number of carbonyl (C=O) groups excluding carboxylic acids is 2. The highest BCUT2D eigenvalue weighted by molar-refractivity contribution is 7.15. The van der Waals surface area contributed by atoms with Gasteiger partial charge in [-0.05, 0) is 24.3 Å². The van der Waals surface area contributed by atoms with Gasteiger partial charge in [0.25, 0.3) is 5.91 Å². The van der Waals surface area contributed by atoms with Crippen molar-refractivity contribution >= 4 is 28.2 Å². The Morgan fingerprint density at radius 2 is 2.07 bits per heavy atom. The fourth-order valence-corrected chi connectivity index (χ4v) is 4.13. The quantitative estimate of drug-likeness (QED) is 0.625. The number of ketones is 1. The first-order chi connectivity index (χ1) is 14.1. The minimum Gasteiger partial charge on any atom is -0.497 e. The van der Waals surface area contributed by atoms with E-state index in [4.69, 9.17) is 4.74 Å². The second kappa shape index (κ2) is 8.46. The lowest BCUT2D eigenvalue weighted by Gasteiger charge is -2.25. The number of thiazole rings is 1. The van der Waals surface area contributed by atoms with Gasteiger partial charge in [-0.25, -0.2) is 9.97 Å². The lowest BCUT2D eigenvalue weighted by atomic mass is 10.1. The summed E-state index contributed by atoms with van der Waals surface area (Å²) in [6.45, 7) is 1.72. The molecule has 0 spiro atoms. The first kappa shape index (κ1) is 19.2. The zero-order valence-electron chi connectivity index (χ0n) is 15.8. The number of ether oxygens (including phenoxy) is 1. The molecular weight excluding hydrogens is 390 g/mol. The van der Waals surface area contributed by atoms with Gasteiger partial charge >= 0.3 is 0 Å². The number of rotatable bonds is 6. The molecule has 0 radical (unpaired) electrons. The molecule has 1 aliphatic rings. The zero-order valence-corrected chi connectivity index (χ0v) is 16.6. The van der Waals surface area contributed by atoms with Crippen molar-refractivity contribution in [2.45, 2.75) is 13.0 Å². The Hall–Kier alpha value is -3.17. The number of methoxy groups -OCH3 is 1. The van der Waals surface area contributed by atoms with Crippen LogP contribution in [-0.2, 0) is 13.0 Å². The summed E-state index contributed by atoms with van der Waals surface area (Å²) in [5.74, 6) is 0.456. The summed E-state index contributed by atoms with van der Waals surface area (Å²) in [6, 6.07) is 7.14. The maximum atomic E-state index is 12.6. The molecule has 1 aromatic carbocycles. The molecule has 0 bridgehead atoms. The van der Waals surface area contributed by atoms with Crippen molar-refractivity contribution in [3.05, 3.63) is 64.7 Å². The van der Waals surface area contributed by atoms with E-state index in [1.807, 2.05) is 0 Å². The molecule has 4 rings (SSSR count). The summed E-state index contributed by atoms with van der Waals surface area (Å²) in [4.78, 5) is 40.4. The molecular formula is C20H19N5O3S. The van der Waals surface area contributed by atoms with E-state index in [2.05, 4.69) is 25.2 Å². The Labute approximate surface area is 171 Å². The summed E-state index contributed by atoms with van der Waals surface area (Å²) in [5, 5.41) is 3.31. The fraction of sp³-hybridized carbons (Fsp3) is 0.250. The monoisotopic (exact) mass is 409 g/mol. The van der Waals surface area contributed by atoms with Crippen LogP contribution >= 0.6 is 11.3 Å². The van der Waals surface area contributed by atoms with E-state index in [0.29, 0.717) is 23.8 Å². The first-order valence-corrected chi connectivity index (χ1v) is 9.89. The van der Waals surface area contributed by atoms with Crippen molar-refractivity contribution in [1.29, 1.82) is 0 Å². The number of fused-ring (bicyclic) bond motifs is 1. The van der Waals surface area contributed by atoms with Gasteiger partial charge in [0.2, 0.25) is 0 Å². The van der Waals surface area contributed by atoms with Crippen LogP contribution in [0.15, 0.2) is 42.9 Å². The van der Waals surface area contributed by atoms with E-state index >= 15 is 0 Å². The molecule has 3 heterocycles. The third-order valence-corrected chi connectivity index (χ3v) is 5.60. The highest BCUT2D eigenvalue weighted by atomic mass is 32.1. The van der Waals surface area contributed by atoms with Gasteiger partial charge in [-0.2, -0.15) is 0 Å². The maximum absolute atomic E-state index is 12.6. The number of amides is 1. The SMILES string of the molecule is COc1ccc(C(=O)CN2CCc3nc(NC(=O)c4cnccn4)sc3C2)cc1. The molecule has 3 aromatic rings. The van der Waals surface area contributed by atoms with Crippen LogP contribution in [0.1, 0.15) is 31.4 Å². The number of nitrogens with one attached hydrogen (secondary N) is 1. The van der Waals surface area contributed by atoms with Crippen LogP contribution in [0, 0.1) is 0 Å². The summed E-state index contributed by atoms with van der Waals surface area (Å²) in [5.41, 5.74) is 1.88. The number of nitrogens with zero attached hydrogens (tertiary/aromatic N) is 4. The molecule has 9 heteroatoms. The number of benzene rings is 1. The molecule has 29 heavy (non-hydrogen) atoms. The lowest BCUT2D eigenvalue weighted by Crippen LogP contribution is -2.34. The first-order valence-electron chi connectivity index (χ1n) is 9.08. The van der Waals surface area contributed by atoms with Gasteiger partial charge in [0.1, 0.15) is 11.4 Å². The standard InChI is InChI=1S/C20H19N5O3S/c1-28-14-4-2-13(3-5-14)17(26)11-25-9-6-15-18(12-25)29-20(23-15)24-19(27)16-10-21-7-8-22-16/h2-5,7-8,10H,6,9,11-12H2,1H3,(H,23,24,27). The normalized spacial score (nSPS) is 13.6. The van der Waals surface area contributed by atoms with Crippen LogP contribution in [0.25, 0.3) is 0 Å². The smallest absolute Gasteiger partial charge is 0.277 e. The van der Waals surface area contributed by atoms with E-state index in [9.17, 15) is 9.59 Å². The van der Waals surface area contributed by atoms with E-state index < -0.39 is 0 Å². The average Bonchev–Trinajstić information content (AvgIpc) is 3.15. The fourth-order valence-electron chi connectivity index (χ4n) is 3.09. The Bertz CT molecular complexity index is 1020. The highest BCUT2D eigenvalue weighted by Gasteiger charge is 2.23. The molecule has 1 aliphatic heterocycles. The largest absolute Gasteiger partial charge is 0.497 e. The van der Waals surface area contributed by atoms with Gasteiger partial charge in [-0.15, -0.1) is 11.3 Å². The topological polar surface area (TPSA) is 97.3 Å². The van der Waals surface area contributed by atoms with Crippen molar-refractivity contribution in [2.24, 2.45) is 0 Å². The summed E-state index contributed by atoms with van der Waals surface area (Å²) in [7, 11) is 1.60. The minimum absolute atomic E-state index is 0.0665. The van der Waals surface area contributed by atoms with Crippen molar-refractivity contribution in [1.82, 2.24) is 19.9 Å². The molecule has 148 valence electrons. The average molecular weight is 409 g/mol. The zero-order chi connectivity index (χ0) is 20.2. The van der Waals surface area contributed by atoms with Crippen LogP contribution in [0.3, 0.4) is 0 Å². The second-order valence-electron chi connectivity index (χ2n) is 6.55. The number of hydrogen-bond acceptors (Lipinski definition) is 8. The third kappa shape index (κ3) is 4.47. The summed E-state index contributed by atoms with van der Waals surface area (Å²) >= 11 is 1.43. The van der Waals surface area contributed by atoms with Crippen LogP contribution in [0.2, 0.25) is 0 Å². The molecule has 2 aromatic heterocycles. The molecule has 8 nitrogen and oxygen atoms in total. The Morgan fingerprint density at radius 3 is 2.79 bits per heavy atom. The third-order valence-electron chi connectivity index (χ3n) is 4.61. The van der Waals surface area contributed by atoms with Crippen LogP contribution < -0.4 is 10.1 Å². The molecule has 0 atom stereocenters. The Balaban J connectivity index is 1.38. The number of carbonyl (C=O) groups is 2. The minimum atomic E-state index is -0.337. The van der Waals surface area contributed by atoms with Gasteiger partial charge in [0.15, 0.2) is 10.9 Å². The Kier molecular flexibility index (Phi) is 5.59. The van der Waals surface area contributed by atoms with Gasteiger partial charge in [-0.3, -0.25) is 24.8 Å². The molecule has 1 amide bonds. The predicted molar refractivity (Wildman–Crippen MR) is 108 cm³/mol. The van der Waals surface area contributed by atoms with Crippen molar-refractivity contribution in [3.63, 3.8) is 0 Å². The van der Waals surface area contributed by atoms with Gasteiger partial charge in [-0.1, -0.05) is 0 Å². The molecule has 1 N–H and O–H groups in total. The van der Waals surface area contributed by atoms with Crippen LogP contribution in [-0.4, -0.2) is 51.7 Å².